The van der Waals surface area contributed by atoms with Crippen molar-refractivity contribution >= 4 is 39.1 Å². The Bertz CT molecular complexity index is 1450. The number of hydrogen-bond donors (Lipinski definition) is 1. The number of halogens is 1. The van der Waals surface area contributed by atoms with E-state index in [1.807, 2.05) is 34.6 Å². The molecule has 0 heterocycles. The molecule has 10 heteroatoms. The normalized spacial score (nSPS) is 12.4. The maximum atomic E-state index is 14.1. The number of hydrogen-bond acceptors (Lipinski definition) is 5. The Hall–Kier alpha value is -3.56. The minimum Gasteiger partial charge on any atom is -0.497 e. The Morgan fingerprint density at radius 2 is 1.59 bits per heavy atom. The van der Waals surface area contributed by atoms with E-state index in [2.05, 4.69) is 5.32 Å². The van der Waals surface area contributed by atoms with Crippen molar-refractivity contribution in [1.29, 1.82) is 0 Å². The molecule has 0 saturated carbocycles. The first kappa shape index (κ1) is 32.0. The summed E-state index contributed by atoms with van der Waals surface area (Å²) in [5.41, 5.74) is 1.29. The number of carbonyl (C=O) groups is 2. The Morgan fingerprint density at radius 1 is 0.976 bits per heavy atom. The van der Waals surface area contributed by atoms with Crippen molar-refractivity contribution in [3.63, 3.8) is 0 Å². The lowest BCUT2D eigenvalue weighted by molar-refractivity contribution is -0.141. The van der Waals surface area contributed by atoms with Crippen LogP contribution < -0.4 is 14.4 Å². The number of amides is 2. The molecule has 2 amide bonds. The van der Waals surface area contributed by atoms with Gasteiger partial charge in [-0.15, -0.1) is 0 Å². The van der Waals surface area contributed by atoms with Gasteiger partial charge in [0, 0.05) is 17.1 Å². The summed E-state index contributed by atoms with van der Waals surface area (Å²) in [5, 5.41) is 3.39. The standard InChI is InChI=1S/C31H38ClN3O5S/c1-7-28(30(37)33-31(3,4)5)34(20-23-10-8-9-11-27(23)32)29(36)21-35(24-14-16-25(40-6)17-15-24)41(38,39)26-18-12-22(2)13-19-26/h8-19,28H,7,20-21H2,1-6H3,(H,33,37)/t28-/m1/s1. The molecule has 0 fully saturated rings. The van der Waals surface area contributed by atoms with Crippen LogP contribution in [0.1, 0.15) is 45.2 Å². The highest BCUT2D eigenvalue weighted by molar-refractivity contribution is 7.92. The minimum absolute atomic E-state index is 0.0234. The summed E-state index contributed by atoms with van der Waals surface area (Å²) in [6, 6.07) is 19.1. The third-order valence-corrected chi connectivity index (χ3v) is 8.59. The molecule has 41 heavy (non-hydrogen) atoms. The number of ether oxygens (including phenoxy) is 1. The largest absolute Gasteiger partial charge is 0.497 e. The van der Waals surface area contributed by atoms with E-state index in [1.54, 1.807) is 60.7 Å². The Kier molecular flexibility index (Phi) is 10.4. The van der Waals surface area contributed by atoms with Crippen LogP contribution in [0, 0.1) is 6.92 Å². The summed E-state index contributed by atoms with van der Waals surface area (Å²) in [6.45, 7) is 8.74. The molecule has 0 aliphatic rings. The van der Waals surface area contributed by atoms with Crippen molar-refractivity contribution in [2.45, 2.75) is 64.1 Å². The van der Waals surface area contributed by atoms with Gasteiger partial charge in [0.15, 0.2) is 0 Å². The first-order chi connectivity index (χ1) is 19.3. The molecule has 0 radical (unpaired) electrons. The molecule has 0 saturated heterocycles. The van der Waals surface area contributed by atoms with E-state index in [4.69, 9.17) is 16.3 Å². The van der Waals surface area contributed by atoms with Gasteiger partial charge in [-0.3, -0.25) is 13.9 Å². The zero-order valence-electron chi connectivity index (χ0n) is 24.3. The SMILES string of the molecule is CC[C@H](C(=O)NC(C)(C)C)N(Cc1ccccc1Cl)C(=O)CN(c1ccc(OC)cc1)S(=O)(=O)c1ccc(C)cc1. The molecule has 0 bridgehead atoms. The number of methoxy groups -OCH3 is 1. The predicted molar refractivity (Wildman–Crippen MR) is 163 cm³/mol. The van der Waals surface area contributed by atoms with E-state index in [0.717, 1.165) is 9.87 Å². The van der Waals surface area contributed by atoms with Gasteiger partial charge in [0.25, 0.3) is 10.0 Å². The molecular weight excluding hydrogens is 562 g/mol. The number of benzene rings is 3. The number of anilines is 1. The highest BCUT2D eigenvalue weighted by Gasteiger charge is 2.34. The molecule has 0 aliphatic carbocycles. The third-order valence-electron chi connectivity index (χ3n) is 6.43. The van der Waals surface area contributed by atoms with E-state index in [1.165, 1.54) is 24.1 Å². The zero-order chi connectivity index (χ0) is 30.4. The van der Waals surface area contributed by atoms with Crippen LogP contribution in [-0.4, -0.2) is 50.4 Å². The molecule has 1 atom stereocenters. The third kappa shape index (κ3) is 8.24. The van der Waals surface area contributed by atoms with Crippen LogP contribution in [0.25, 0.3) is 0 Å². The molecule has 3 aromatic carbocycles. The zero-order valence-corrected chi connectivity index (χ0v) is 25.9. The molecule has 0 aliphatic heterocycles. The van der Waals surface area contributed by atoms with Crippen molar-refractivity contribution in [3.8, 4) is 5.75 Å². The van der Waals surface area contributed by atoms with Crippen LogP contribution in [0.2, 0.25) is 5.02 Å². The fourth-order valence-electron chi connectivity index (χ4n) is 4.30. The number of nitrogens with zero attached hydrogens (tertiary/aromatic N) is 2. The van der Waals surface area contributed by atoms with Gasteiger partial charge >= 0.3 is 0 Å². The van der Waals surface area contributed by atoms with Gasteiger partial charge in [0.05, 0.1) is 17.7 Å². The molecular formula is C31H38ClN3O5S. The predicted octanol–water partition coefficient (Wildman–Crippen LogP) is 5.57. The topological polar surface area (TPSA) is 96.0 Å². The smallest absolute Gasteiger partial charge is 0.264 e. The average Bonchev–Trinajstić information content (AvgIpc) is 2.91. The summed E-state index contributed by atoms with van der Waals surface area (Å²) in [5.74, 6) is -0.344. The molecule has 220 valence electrons. The van der Waals surface area contributed by atoms with Crippen LogP contribution in [-0.2, 0) is 26.2 Å². The summed E-state index contributed by atoms with van der Waals surface area (Å²) in [7, 11) is -2.65. The Morgan fingerprint density at radius 3 is 2.12 bits per heavy atom. The summed E-state index contributed by atoms with van der Waals surface area (Å²) in [4.78, 5) is 29.0. The Labute approximate surface area is 248 Å². The lowest BCUT2D eigenvalue weighted by Crippen LogP contribution is -2.55. The fraction of sp³-hybridized carbons (Fsp3) is 0.355. The van der Waals surface area contributed by atoms with Gasteiger partial charge < -0.3 is 15.0 Å². The number of rotatable bonds is 11. The molecule has 0 unspecified atom stereocenters. The van der Waals surface area contributed by atoms with Crippen LogP contribution in [0.5, 0.6) is 5.75 Å². The minimum atomic E-state index is -4.16. The monoisotopic (exact) mass is 599 g/mol. The quantitative estimate of drug-likeness (QED) is 0.311. The summed E-state index contributed by atoms with van der Waals surface area (Å²) >= 11 is 6.45. The van der Waals surface area contributed by atoms with Crippen molar-refractivity contribution in [2.75, 3.05) is 18.0 Å². The summed E-state index contributed by atoms with van der Waals surface area (Å²) in [6.07, 6.45) is 0.311. The highest BCUT2D eigenvalue weighted by atomic mass is 35.5. The lowest BCUT2D eigenvalue weighted by atomic mass is 10.1. The van der Waals surface area contributed by atoms with Gasteiger partial charge in [0.1, 0.15) is 18.3 Å². The van der Waals surface area contributed by atoms with E-state index in [9.17, 15) is 18.0 Å². The van der Waals surface area contributed by atoms with Gasteiger partial charge in [-0.1, -0.05) is 54.4 Å². The second-order valence-corrected chi connectivity index (χ2v) is 13.1. The van der Waals surface area contributed by atoms with Gasteiger partial charge in [-0.25, -0.2) is 8.42 Å². The number of aryl methyl sites for hydroxylation is 1. The van der Waals surface area contributed by atoms with Crippen LogP contribution in [0.4, 0.5) is 5.69 Å². The first-order valence-corrected chi connectivity index (χ1v) is 15.2. The molecule has 8 nitrogen and oxygen atoms in total. The molecule has 0 aromatic heterocycles. The maximum Gasteiger partial charge on any atom is 0.264 e. The Balaban J connectivity index is 2.09. The first-order valence-electron chi connectivity index (χ1n) is 13.3. The van der Waals surface area contributed by atoms with Gasteiger partial charge in [-0.05, 0) is 82.1 Å². The van der Waals surface area contributed by atoms with E-state index >= 15 is 0 Å². The summed E-state index contributed by atoms with van der Waals surface area (Å²) < 4.78 is 34.2. The van der Waals surface area contributed by atoms with Gasteiger partial charge in [-0.2, -0.15) is 0 Å². The van der Waals surface area contributed by atoms with E-state index in [0.29, 0.717) is 22.8 Å². The molecule has 1 N–H and O–H groups in total. The van der Waals surface area contributed by atoms with Crippen LogP contribution >= 0.6 is 11.6 Å². The highest BCUT2D eigenvalue weighted by Crippen LogP contribution is 2.27. The molecule has 3 aromatic rings. The number of sulfonamides is 1. The van der Waals surface area contributed by atoms with Crippen LogP contribution in [0.3, 0.4) is 0 Å². The molecule has 3 rings (SSSR count). The number of carbonyl (C=O) groups excluding carboxylic acids is 2. The van der Waals surface area contributed by atoms with Crippen molar-refractivity contribution in [2.24, 2.45) is 0 Å². The second-order valence-electron chi connectivity index (χ2n) is 10.8. The van der Waals surface area contributed by atoms with E-state index in [-0.39, 0.29) is 23.0 Å². The second kappa shape index (κ2) is 13.4. The van der Waals surface area contributed by atoms with Crippen molar-refractivity contribution in [1.82, 2.24) is 10.2 Å². The van der Waals surface area contributed by atoms with Gasteiger partial charge in [0.2, 0.25) is 11.8 Å². The van der Waals surface area contributed by atoms with Crippen molar-refractivity contribution in [3.05, 3.63) is 88.9 Å². The van der Waals surface area contributed by atoms with Crippen LogP contribution in [0.15, 0.2) is 77.7 Å². The molecule has 0 spiro atoms. The lowest BCUT2D eigenvalue weighted by Gasteiger charge is -2.35. The fourth-order valence-corrected chi connectivity index (χ4v) is 5.91. The average molecular weight is 600 g/mol. The maximum absolute atomic E-state index is 14.1. The van der Waals surface area contributed by atoms with Crippen molar-refractivity contribution < 1.29 is 22.7 Å². The number of nitrogens with one attached hydrogen (secondary N) is 1. The van der Waals surface area contributed by atoms with E-state index < -0.39 is 34.1 Å².